The highest BCUT2D eigenvalue weighted by Crippen LogP contribution is 2.29. The Kier molecular flexibility index (Phi) is 5.88. The summed E-state index contributed by atoms with van der Waals surface area (Å²) in [5.74, 6) is -0.369. The lowest BCUT2D eigenvalue weighted by Crippen LogP contribution is -2.06. The first-order valence-corrected chi connectivity index (χ1v) is 6.39. The molecule has 2 rings (SSSR count). The van der Waals surface area contributed by atoms with E-state index in [2.05, 4.69) is 6.07 Å². The second-order valence-electron chi connectivity index (χ2n) is 4.61. The minimum absolute atomic E-state index is 0.0785. The smallest absolute Gasteiger partial charge is 0.295 e. The molecule has 2 aromatic carbocycles. The van der Waals surface area contributed by atoms with Crippen molar-refractivity contribution < 1.29 is 18.0 Å². The molecular weight excluding hydrogens is 291 g/mol. The Morgan fingerprint density at radius 3 is 2.14 bits per heavy atom. The average molecular weight is 305 g/mol. The molecule has 114 valence electrons. The maximum absolute atomic E-state index is 12.1. The molecule has 0 heterocycles. The van der Waals surface area contributed by atoms with Gasteiger partial charge in [-0.2, -0.15) is 18.4 Å². The number of Topliss-reactive ketones (excluding diaryl/α,β-unsaturated/α-hetero) is 1. The minimum atomic E-state index is -4.38. The van der Waals surface area contributed by atoms with Crippen LogP contribution in [0.4, 0.5) is 13.2 Å². The lowest BCUT2D eigenvalue weighted by atomic mass is 10.1. The number of rotatable bonds is 1. The molecule has 0 saturated carbocycles. The molecule has 0 spiro atoms. The number of halogens is 3. The maximum atomic E-state index is 12.1. The van der Waals surface area contributed by atoms with Gasteiger partial charge in [-0.1, -0.05) is 29.8 Å². The van der Waals surface area contributed by atoms with Crippen LogP contribution in [0, 0.1) is 18.3 Å². The van der Waals surface area contributed by atoms with E-state index in [0.29, 0.717) is 0 Å². The van der Waals surface area contributed by atoms with Crippen LogP contribution in [0.2, 0.25) is 0 Å². The topological polar surface area (TPSA) is 40.9 Å². The van der Waals surface area contributed by atoms with Crippen LogP contribution < -0.4 is 0 Å². The number of carbonyl (C=O) groups excluding carboxylic acids is 1. The predicted octanol–water partition coefficient (Wildman–Crippen LogP) is 4.77. The fourth-order valence-electron chi connectivity index (χ4n) is 1.54. The molecule has 0 fully saturated rings. The van der Waals surface area contributed by atoms with Crippen molar-refractivity contribution in [2.24, 2.45) is 0 Å². The first kappa shape index (κ1) is 17.4. The molecule has 22 heavy (non-hydrogen) atoms. The Morgan fingerprint density at radius 1 is 1.09 bits per heavy atom. The number of alkyl halides is 3. The summed E-state index contributed by atoms with van der Waals surface area (Å²) >= 11 is 0. The summed E-state index contributed by atoms with van der Waals surface area (Å²) in [5.41, 5.74) is 1.20. The summed E-state index contributed by atoms with van der Waals surface area (Å²) in [4.78, 5) is 10.8. The Labute approximate surface area is 126 Å². The maximum Gasteiger partial charge on any atom is 0.416 e. The largest absolute Gasteiger partial charge is 0.416 e. The highest BCUT2D eigenvalue weighted by molar-refractivity contribution is 5.94. The first-order valence-electron chi connectivity index (χ1n) is 6.39. The van der Waals surface area contributed by atoms with Crippen LogP contribution in [-0.2, 0) is 6.18 Å². The van der Waals surface area contributed by atoms with E-state index in [1.165, 1.54) is 24.6 Å². The Hall–Kier alpha value is -2.61. The van der Waals surface area contributed by atoms with E-state index >= 15 is 0 Å². The fraction of sp³-hybridized carbons (Fsp3) is 0.176. The highest BCUT2D eigenvalue weighted by Gasteiger charge is 2.30. The van der Waals surface area contributed by atoms with E-state index in [9.17, 15) is 18.0 Å². The summed E-state index contributed by atoms with van der Waals surface area (Å²) < 4.78 is 36.4. The molecule has 0 atom stereocenters. The molecular formula is C17H14F3NO. The lowest BCUT2D eigenvalue weighted by Gasteiger charge is -2.06. The van der Waals surface area contributed by atoms with E-state index in [0.717, 1.165) is 17.7 Å². The third-order valence-corrected chi connectivity index (χ3v) is 2.78. The molecule has 0 N–H and O–H groups in total. The van der Waals surface area contributed by atoms with Crippen molar-refractivity contribution in [3.63, 3.8) is 0 Å². The van der Waals surface area contributed by atoms with Crippen LogP contribution in [0.3, 0.4) is 0 Å². The highest BCUT2D eigenvalue weighted by atomic mass is 19.4. The van der Waals surface area contributed by atoms with Gasteiger partial charge in [0.2, 0.25) is 0 Å². The number of ketones is 1. The fourth-order valence-corrected chi connectivity index (χ4v) is 1.54. The summed E-state index contributed by atoms with van der Waals surface area (Å²) in [5, 5.41) is 8.38. The van der Waals surface area contributed by atoms with Crippen LogP contribution in [0.15, 0.2) is 48.5 Å². The lowest BCUT2D eigenvalue weighted by molar-refractivity contribution is -0.137. The molecule has 2 nitrogen and oxygen atoms in total. The molecule has 0 aliphatic carbocycles. The zero-order chi connectivity index (χ0) is 16.8. The van der Waals surface area contributed by atoms with Crippen molar-refractivity contribution in [1.29, 1.82) is 5.26 Å². The molecule has 0 radical (unpaired) electrons. The van der Waals surface area contributed by atoms with Crippen molar-refractivity contribution in [1.82, 2.24) is 0 Å². The summed E-state index contributed by atoms with van der Waals surface area (Å²) in [7, 11) is 0. The van der Waals surface area contributed by atoms with Crippen molar-refractivity contribution in [3.8, 4) is 6.07 Å². The molecule has 2 aromatic rings. The Bertz CT molecular complexity index is 682. The number of hydrogen-bond donors (Lipinski definition) is 0. The molecule has 0 saturated heterocycles. The first-order chi connectivity index (χ1) is 10.2. The standard InChI is InChI=1S/C9H7F3O.C8H7N/c1-6(13)7-3-2-4-8(5-7)9(10,11)12;1-7-2-4-8(6-9)5-3-7/h2-5H,1H3;2-5H,1H3. The van der Waals surface area contributed by atoms with Gasteiger partial charge in [-0.3, -0.25) is 4.79 Å². The van der Waals surface area contributed by atoms with Gasteiger partial charge in [0.25, 0.3) is 0 Å². The van der Waals surface area contributed by atoms with Crippen molar-refractivity contribution in [2.75, 3.05) is 0 Å². The van der Waals surface area contributed by atoms with Gasteiger partial charge in [0.05, 0.1) is 17.2 Å². The van der Waals surface area contributed by atoms with Crippen molar-refractivity contribution in [2.45, 2.75) is 20.0 Å². The number of nitriles is 1. The van der Waals surface area contributed by atoms with Gasteiger partial charge >= 0.3 is 6.18 Å². The van der Waals surface area contributed by atoms with Gasteiger partial charge in [-0.05, 0) is 38.1 Å². The Morgan fingerprint density at radius 2 is 1.68 bits per heavy atom. The van der Waals surface area contributed by atoms with Gasteiger partial charge in [-0.15, -0.1) is 0 Å². The van der Waals surface area contributed by atoms with Crippen molar-refractivity contribution in [3.05, 3.63) is 70.8 Å². The van der Waals surface area contributed by atoms with Crippen LogP contribution in [0.5, 0.6) is 0 Å². The molecule has 0 aromatic heterocycles. The van der Waals surface area contributed by atoms with Crippen LogP contribution in [0.25, 0.3) is 0 Å². The Balaban J connectivity index is 0.000000235. The van der Waals surface area contributed by atoms with Crippen LogP contribution in [0.1, 0.15) is 34.0 Å². The molecule has 0 unspecified atom stereocenters. The van der Waals surface area contributed by atoms with Crippen LogP contribution >= 0.6 is 0 Å². The quantitative estimate of drug-likeness (QED) is 0.712. The molecule has 0 amide bonds. The third-order valence-electron chi connectivity index (χ3n) is 2.78. The average Bonchev–Trinajstić information content (AvgIpc) is 2.48. The van der Waals surface area contributed by atoms with Gasteiger partial charge in [0.1, 0.15) is 0 Å². The number of benzene rings is 2. The second kappa shape index (κ2) is 7.41. The summed E-state index contributed by atoms with van der Waals surface area (Å²) in [6, 6.07) is 13.9. The summed E-state index contributed by atoms with van der Waals surface area (Å²) in [6.45, 7) is 3.23. The SMILES string of the molecule is CC(=O)c1cccc(C(F)(F)F)c1.Cc1ccc(C#N)cc1. The van der Waals surface area contributed by atoms with Gasteiger partial charge < -0.3 is 0 Å². The number of nitrogens with zero attached hydrogens (tertiary/aromatic N) is 1. The van der Waals surface area contributed by atoms with Crippen LogP contribution in [-0.4, -0.2) is 5.78 Å². The molecule has 0 bridgehead atoms. The minimum Gasteiger partial charge on any atom is -0.295 e. The monoisotopic (exact) mass is 305 g/mol. The van der Waals surface area contributed by atoms with E-state index in [1.807, 2.05) is 31.2 Å². The number of carbonyl (C=O) groups is 1. The summed E-state index contributed by atoms with van der Waals surface area (Å²) in [6.07, 6.45) is -4.38. The third kappa shape index (κ3) is 5.41. The number of aryl methyl sites for hydroxylation is 1. The van der Waals surface area contributed by atoms with Gasteiger partial charge in [0, 0.05) is 5.56 Å². The zero-order valence-electron chi connectivity index (χ0n) is 12.1. The molecule has 5 heteroatoms. The van der Waals surface area contributed by atoms with E-state index in [1.54, 1.807) is 0 Å². The second-order valence-corrected chi connectivity index (χ2v) is 4.61. The number of hydrogen-bond acceptors (Lipinski definition) is 2. The molecule has 0 aliphatic rings. The van der Waals surface area contributed by atoms with Gasteiger partial charge in [0.15, 0.2) is 5.78 Å². The zero-order valence-corrected chi connectivity index (χ0v) is 12.1. The van der Waals surface area contributed by atoms with E-state index in [4.69, 9.17) is 5.26 Å². The molecule has 0 aliphatic heterocycles. The normalized spacial score (nSPS) is 10.2. The van der Waals surface area contributed by atoms with Gasteiger partial charge in [-0.25, -0.2) is 0 Å². The van der Waals surface area contributed by atoms with E-state index in [-0.39, 0.29) is 11.3 Å². The van der Waals surface area contributed by atoms with Crippen molar-refractivity contribution >= 4 is 5.78 Å². The van der Waals surface area contributed by atoms with E-state index < -0.39 is 11.7 Å². The predicted molar refractivity (Wildman–Crippen MR) is 77.3 cm³/mol.